The van der Waals surface area contributed by atoms with Crippen LogP contribution in [0.1, 0.15) is 53.0 Å². The molecule has 0 bridgehead atoms. The van der Waals surface area contributed by atoms with E-state index in [1.165, 1.54) is 0 Å². The smallest absolute Gasteiger partial charge is 0.325 e. The molecule has 0 saturated carbocycles. The quantitative estimate of drug-likeness (QED) is 0.694. The number of carbonyl (C=O) groups is 3. The largest absolute Gasteiger partial charge is 0.497 e. The third-order valence-corrected chi connectivity index (χ3v) is 5.66. The maximum atomic E-state index is 13.1. The molecule has 1 aromatic rings. The number of nitrogens with one attached hydrogen (secondary N) is 1. The zero-order valence-electron chi connectivity index (χ0n) is 17.6. The molecule has 0 aliphatic carbocycles. The number of hydrogen-bond acceptors (Lipinski definition) is 4. The highest BCUT2D eigenvalue weighted by Gasteiger charge is 2.50. The van der Waals surface area contributed by atoms with E-state index in [2.05, 4.69) is 5.32 Å². The van der Waals surface area contributed by atoms with Crippen molar-refractivity contribution in [3.05, 3.63) is 29.8 Å². The van der Waals surface area contributed by atoms with E-state index in [0.29, 0.717) is 11.3 Å². The molecule has 154 valence electrons. The van der Waals surface area contributed by atoms with Crippen LogP contribution < -0.4 is 10.1 Å². The van der Waals surface area contributed by atoms with Crippen molar-refractivity contribution in [3.63, 3.8) is 0 Å². The predicted octanol–water partition coefficient (Wildman–Crippen LogP) is 2.89. The van der Waals surface area contributed by atoms with Crippen molar-refractivity contribution in [3.8, 4) is 5.75 Å². The summed E-state index contributed by atoms with van der Waals surface area (Å²) >= 11 is 0. The Bertz CT molecular complexity index is 724. The van der Waals surface area contributed by atoms with Gasteiger partial charge in [0.25, 0.3) is 5.91 Å². The van der Waals surface area contributed by atoms with E-state index in [0.717, 1.165) is 17.7 Å². The summed E-state index contributed by atoms with van der Waals surface area (Å²) in [4.78, 5) is 41.4. The fourth-order valence-corrected chi connectivity index (χ4v) is 3.50. The Morgan fingerprint density at radius 2 is 1.68 bits per heavy atom. The van der Waals surface area contributed by atoms with E-state index >= 15 is 0 Å². The lowest BCUT2D eigenvalue weighted by Gasteiger charge is -2.35. The zero-order valence-corrected chi connectivity index (χ0v) is 17.6. The highest BCUT2D eigenvalue weighted by molar-refractivity contribution is 6.09. The van der Waals surface area contributed by atoms with Crippen LogP contribution in [-0.4, -0.2) is 53.4 Å². The Balaban J connectivity index is 2.23. The number of benzene rings is 1. The van der Waals surface area contributed by atoms with E-state index in [4.69, 9.17) is 4.74 Å². The number of imide groups is 1. The standard InChI is InChI=1S/C21H31N3O4/c1-7-14(3)24(15(4)8-2)18(25)13-23-19(26)21(5,22-20(23)27)16-9-11-17(28-6)12-10-16/h9-12,14-15H,7-8,13H2,1-6H3,(H,22,27)/t14-,15-,21+/m0/s1. The molecule has 1 saturated heterocycles. The maximum absolute atomic E-state index is 13.1. The summed E-state index contributed by atoms with van der Waals surface area (Å²) in [7, 11) is 1.56. The van der Waals surface area contributed by atoms with Crippen LogP contribution in [0.2, 0.25) is 0 Å². The summed E-state index contributed by atoms with van der Waals surface area (Å²) < 4.78 is 5.15. The molecule has 0 radical (unpaired) electrons. The topological polar surface area (TPSA) is 79.0 Å². The minimum Gasteiger partial charge on any atom is -0.497 e. The lowest BCUT2D eigenvalue weighted by Crippen LogP contribution is -2.50. The molecule has 2 rings (SSSR count). The first-order valence-electron chi connectivity index (χ1n) is 9.79. The summed E-state index contributed by atoms with van der Waals surface area (Å²) in [6.07, 6.45) is 1.61. The van der Waals surface area contributed by atoms with E-state index in [-0.39, 0.29) is 24.5 Å². The first-order valence-corrected chi connectivity index (χ1v) is 9.79. The molecule has 28 heavy (non-hydrogen) atoms. The molecule has 7 heteroatoms. The minimum atomic E-state index is -1.21. The van der Waals surface area contributed by atoms with Crippen molar-refractivity contribution in [2.24, 2.45) is 0 Å². The first kappa shape index (κ1) is 21.7. The molecule has 0 spiro atoms. The third kappa shape index (κ3) is 3.98. The number of rotatable bonds is 8. The van der Waals surface area contributed by atoms with Gasteiger partial charge in [0.1, 0.15) is 17.8 Å². The van der Waals surface area contributed by atoms with Crippen molar-refractivity contribution in [2.45, 2.75) is 65.1 Å². The average molecular weight is 389 g/mol. The molecule has 1 aliphatic rings. The molecule has 1 N–H and O–H groups in total. The van der Waals surface area contributed by atoms with Crippen LogP contribution in [0.15, 0.2) is 24.3 Å². The summed E-state index contributed by atoms with van der Waals surface area (Å²) in [5.74, 6) is 0.0179. The highest BCUT2D eigenvalue weighted by atomic mass is 16.5. The van der Waals surface area contributed by atoms with Gasteiger partial charge in [-0.15, -0.1) is 0 Å². The van der Waals surface area contributed by atoms with Gasteiger partial charge >= 0.3 is 6.03 Å². The fourth-order valence-electron chi connectivity index (χ4n) is 3.50. The van der Waals surface area contributed by atoms with Crippen LogP contribution in [0, 0.1) is 0 Å². The molecule has 1 fully saturated rings. The van der Waals surface area contributed by atoms with Crippen LogP contribution in [0.25, 0.3) is 0 Å². The number of nitrogens with zero attached hydrogens (tertiary/aromatic N) is 2. The predicted molar refractivity (Wildman–Crippen MR) is 107 cm³/mol. The number of hydrogen-bond donors (Lipinski definition) is 1. The Labute approximate surface area is 167 Å². The van der Waals surface area contributed by atoms with Gasteiger partial charge in [-0.3, -0.25) is 14.5 Å². The number of carbonyl (C=O) groups excluding carboxylic acids is 3. The van der Waals surface area contributed by atoms with Crippen LogP contribution in [0.4, 0.5) is 4.79 Å². The first-order chi connectivity index (χ1) is 13.2. The second-order valence-corrected chi connectivity index (χ2v) is 7.49. The van der Waals surface area contributed by atoms with Gasteiger partial charge in [0.15, 0.2) is 0 Å². The van der Waals surface area contributed by atoms with Gasteiger partial charge in [0.2, 0.25) is 5.91 Å². The number of urea groups is 1. The van der Waals surface area contributed by atoms with Gasteiger partial charge in [0.05, 0.1) is 7.11 Å². The van der Waals surface area contributed by atoms with E-state index in [9.17, 15) is 14.4 Å². The molecule has 1 aliphatic heterocycles. The summed E-state index contributed by atoms with van der Waals surface area (Å²) in [6.45, 7) is 9.39. The molecular formula is C21H31N3O4. The minimum absolute atomic E-state index is 0.0381. The number of ether oxygens (including phenoxy) is 1. The van der Waals surface area contributed by atoms with Crippen molar-refractivity contribution >= 4 is 17.8 Å². The van der Waals surface area contributed by atoms with Crippen molar-refractivity contribution < 1.29 is 19.1 Å². The van der Waals surface area contributed by atoms with Crippen LogP contribution in [-0.2, 0) is 15.1 Å². The number of methoxy groups -OCH3 is 1. The highest BCUT2D eigenvalue weighted by Crippen LogP contribution is 2.30. The average Bonchev–Trinajstić information content (AvgIpc) is 2.91. The van der Waals surface area contributed by atoms with Gasteiger partial charge in [0, 0.05) is 12.1 Å². The normalized spacial score (nSPS) is 21.3. The molecule has 4 amide bonds. The second-order valence-electron chi connectivity index (χ2n) is 7.49. The Hall–Kier alpha value is -2.57. The van der Waals surface area contributed by atoms with Crippen LogP contribution in [0.3, 0.4) is 0 Å². The second kappa shape index (κ2) is 8.63. The van der Waals surface area contributed by atoms with Gasteiger partial charge in [-0.2, -0.15) is 0 Å². The molecule has 0 aromatic heterocycles. The van der Waals surface area contributed by atoms with Crippen molar-refractivity contribution in [1.82, 2.24) is 15.1 Å². The SMILES string of the molecule is CC[C@H](C)N(C(=O)CN1C(=O)N[C@](C)(c2ccc(OC)cc2)C1=O)[C@@H](C)CC. The van der Waals surface area contributed by atoms with Crippen molar-refractivity contribution in [1.29, 1.82) is 0 Å². The Morgan fingerprint density at radius 3 is 2.14 bits per heavy atom. The van der Waals surface area contributed by atoms with Gasteiger partial charge in [-0.05, 0) is 51.3 Å². The number of amides is 4. The third-order valence-electron chi connectivity index (χ3n) is 5.66. The molecule has 0 unspecified atom stereocenters. The van der Waals surface area contributed by atoms with Gasteiger partial charge < -0.3 is 15.0 Å². The van der Waals surface area contributed by atoms with E-state index in [1.807, 2.05) is 27.7 Å². The van der Waals surface area contributed by atoms with Gasteiger partial charge in [-0.25, -0.2) is 4.79 Å². The van der Waals surface area contributed by atoms with E-state index < -0.39 is 17.5 Å². The van der Waals surface area contributed by atoms with Crippen LogP contribution in [0.5, 0.6) is 5.75 Å². The molecule has 1 aromatic carbocycles. The van der Waals surface area contributed by atoms with Gasteiger partial charge in [-0.1, -0.05) is 26.0 Å². The Kier molecular flexibility index (Phi) is 6.69. The summed E-state index contributed by atoms with van der Waals surface area (Å²) in [6, 6.07) is 6.49. The maximum Gasteiger partial charge on any atom is 0.325 e. The molecule has 7 nitrogen and oxygen atoms in total. The lowest BCUT2D eigenvalue weighted by atomic mass is 9.92. The fraction of sp³-hybridized carbons (Fsp3) is 0.571. The Morgan fingerprint density at radius 1 is 1.14 bits per heavy atom. The summed E-state index contributed by atoms with van der Waals surface area (Å²) in [5, 5.41) is 2.74. The van der Waals surface area contributed by atoms with Crippen LogP contribution >= 0.6 is 0 Å². The van der Waals surface area contributed by atoms with Crippen molar-refractivity contribution in [2.75, 3.05) is 13.7 Å². The molecule has 1 heterocycles. The zero-order chi connectivity index (χ0) is 21.1. The monoisotopic (exact) mass is 389 g/mol. The lowest BCUT2D eigenvalue weighted by molar-refractivity contribution is -0.141. The van der Waals surface area contributed by atoms with E-state index in [1.54, 1.807) is 43.2 Å². The molecular weight excluding hydrogens is 358 g/mol. The molecule has 3 atom stereocenters. The summed E-state index contributed by atoms with van der Waals surface area (Å²) in [5.41, 5.74) is -0.566.